The van der Waals surface area contributed by atoms with Gasteiger partial charge in [-0.1, -0.05) is 30.3 Å². The minimum Gasteiger partial charge on any atom is -0.744 e. The number of rotatable bonds is 6. The summed E-state index contributed by atoms with van der Waals surface area (Å²) in [5, 5.41) is 2.93. The van der Waals surface area contributed by atoms with Gasteiger partial charge in [-0.3, -0.25) is 19.5 Å². The molecule has 154 valence electrons. The maximum atomic E-state index is 13.1. The first-order valence-corrected chi connectivity index (χ1v) is 10.2. The zero-order valence-electron chi connectivity index (χ0n) is 16.1. The number of aromatic nitrogens is 2. The third-order valence-electron chi connectivity index (χ3n) is 4.42. The van der Waals surface area contributed by atoms with E-state index in [4.69, 9.17) is 0 Å². The smallest absolute Gasteiger partial charge is 0.279 e. The number of carbonyl (C=O) groups is 2. The van der Waals surface area contributed by atoms with E-state index in [1.165, 1.54) is 32.1 Å². The van der Waals surface area contributed by atoms with E-state index in [-0.39, 0.29) is 16.8 Å². The largest absolute Gasteiger partial charge is 0.744 e. The molecule has 0 amide bonds. The summed E-state index contributed by atoms with van der Waals surface area (Å²) in [7, 11) is -4.62. The molecular formula is C21H17N2O6S-. The van der Waals surface area contributed by atoms with Crippen LogP contribution in [-0.2, 0) is 19.7 Å². The van der Waals surface area contributed by atoms with Crippen molar-refractivity contribution >= 4 is 27.8 Å². The molecule has 0 fully saturated rings. The Hall–Kier alpha value is -3.56. The van der Waals surface area contributed by atoms with Crippen molar-refractivity contribution in [3.63, 3.8) is 0 Å². The molecule has 2 aromatic carbocycles. The fraction of sp³-hybridized carbons (Fsp3) is 0.0952. The van der Waals surface area contributed by atoms with Gasteiger partial charge in [0.2, 0.25) is 0 Å². The Labute approximate surface area is 172 Å². The highest BCUT2D eigenvalue weighted by atomic mass is 32.2. The van der Waals surface area contributed by atoms with Crippen molar-refractivity contribution < 1.29 is 22.6 Å². The fourth-order valence-electron chi connectivity index (χ4n) is 2.95. The second-order valence-corrected chi connectivity index (χ2v) is 7.91. The van der Waals surface area contributed by atoms with Crippen LogP contribution in [0.25, 0.3) is 23.0 Å². The van der Waals surface area contributed by atoms with Crippen molar-refractivity contribution in [3.05, 3.63) is 76.1 Å². The molecule has 1 heterocycles. The third kappa shape index (κ3) is 4.22. The van der Waals surface area contributed by atoms with Crippen molar-refractivity contribution in [3.8, 4) is 16.9 Å². The second kappa shape index (κ2) is 8.05. The number of nitrogens with zero attached hydrogens (tertiary/aromatic N) is 1. The molecule has 0 atom stereocenters. The monoisotopic (exact) mass is 425 g/mol. The van der Waals surface area contributed by atoms with Crippen molar-refractivity contribution in [2.45, 2.75) is 18.7 Å². The van der Waals surface area contributed by atoms with Gasteiger partial charge < -0.3 is 4.55 Å². The van der Waals surface area contributed by atoms with Crippen LogP contribution in [0.4, 0.5) is 0 Å². The van der Waals surface area contributed by atoms with Crippen LogP contribution in [0.2, 0.25) is 0 Å². The lowest BCUT2D eigenvalue weighted by Crippen LogP contribution is -2.17. The van der Waals surface area contributed by atoms with Crippen LogP contribution in [0.5, 0.6) is 0 Å². The normalized spacial score (nSPS) is 11.2. The lowest BCUT2D eigenvalue weighted by Gasteiger charge is -2.08. The van der Waals surface area contributed by atoms with E-state index < -0.39 is 32.1 Å². The lowest BCUT2D eigenvalue weighted by atomic mass is 10.0. The van der Waals surface area contributed by atoms with Crippen molar-refractivity contribution in [1.82, 2.24) is 9.78 Å². The number of aromatic amines is 1. The van der Waals surface area contributed by atoms with Gasteiger partial charge in [0.1, 0.15) is 10.1 Å². The second-order valence-electron chi connectivity index (χ2n) is 6.53. The fourth-order valence-corrected chi connectivity index (χ4v) is 3.42. The highest BCUT2D eigenvalue weighted by Gasteiger charge is 2.19. The van der Waals surface area contributed by atoms with E-state index in [9.17, 15) is 27.4 Å². The van der Waals surface area contributed by atoms with Gasteiger partial charge in [0.25, 0.3) is 5.56 Å². The van der Waals surface area contributed by atoms with Gasteiger partial charge in [0.15, 0.2) is 11.6 Å². The predicted molar refractivity (Wildman–Crippen MR) is 109 cm³/mol. The number of H-pyrrole nitrogens is 1. The Bertz CT molecular complexity index is 1300. The van der Waals surface area contributed by atoms with Gasteiger partial charge in [-0.2, -0.15) is 0 Å². The number of hydrogen-bond acceptors (Lipinski definition) is 6. The summed E-state index contributed by atoms with van der Waals surface area (Å²) in [5.41, 5.74) is 0.722. The summed E-state index contributed by atoms with van der Waals surface area (Å²) < 4.78 is 34.6. The number of hydrogen-bond donors (Lipinski definition) is 1. The summed E-state index contributed by atoms with van der Waals surface area (Å²) in [4.78, 5) is 36.4. The molecule has 0 aliphatic heterocycles. The van der Waals surface area contributed by atoms with Crippen LogP contribution in [0.3, 0.4) is 0 Å². The summed E-state index contributed by atoms with van der Waals surface area (Å²) in [6, 6.07) is 13.6. The minimum atomic E-state index is -4.62. The van der Waals surface area contributed by atoms with E-state index in [2.05, 4.69) is 5.10 Å². The highest BCUT2D eigenvalue weighted by Crippen LogP contribution is 2.23. The van der Waals surface area contributed by atoms with Crippen molar-refractivity contribution in [1.29, 1.82) is 0 Å². The van der Waals surface area contributed by atoms with Crippen LogP contribution in [0.15, 0.2) is 69.9 Å². The van der Waals surface area contributed by atoms with Crippen LogP contribution in [0.1, 0.15) is 19.4 Å². The van der Waals surface area contributed by atoms with Crippen molar-refractivity contribution in [2.24, 2.45) is 0 Å². The average Bonchev–Trinajstić information content (AvgIpc) is 3.02. The summed E-state index contributed by atoms with van der Waals surface area (Å²) in [5.74, 6) is -0.947. The topological polar surface area (TPSA) is 129 Å². The minimum absolute atomic E-state index is 0.0992. The Morgan fingerprint density at radius 1 is 0.967 bits per heavy atom. The van der Waals surface area contributed by atoms with Gasteiger partial charge in [-0.05, 0) is 44.2 Å². The number of ketones is 2. The zero-order chi connectivity index (χ0) is 22.1. The molecule has 3 aromatic rings. The lowest BCUT2D eigenvalue weighted by molar-refractivity contribution is -0.119. The molecule has 0 unspecified atom stereocenters. The number of carbonyl (C=O) groups excluding carboxylic acids is 2. The zero-order valence-corrected chi connectivity index (χ0v) is 16.9. The Balaban J connectivity index is 2.26. The third-order valence-corrected chi connectivity index (χ3v) is 5.27. The van der Waals surface area contributed by atoms with Crippen LogP contribution >= 0.6 is 0 Å². The molecule has 0 saturated carbocycles. The quantitative estimate of drug-likeness (QED) is 0.279. The molecule has 1 aromatic heterocycles. The summed E-state index contributed by atoms with van der Waals surface area (Å²) in [6.45, 7) is 2.48. The predicted octanol–water partition coefficient (Wildman–Crippen LogP) is 2.30. The van der Waals surface area contributed by atoms with Gasteiger partial charge in [-0.15, -0.1) is 0 Å². The highest BCUT2D eigenvalue weighted by molar-refractivity contribution is 7.85. The van der Waals surface area contributed by atoms with Crippen molar-refractivity contribution in [2.75, 3.05) is 0 Å². The number of benzene rings is 2. The van der Waals surface area contributed by atoms with Crippen LogP contribution < -0.4 is 5.56 Å². The van der Waals surface area contributed by atoms with E-state index >= 15 is 0 Å². The first-order valence-electron chi connectivity index (χ1n) is 8.80. The first-order chi connectivity index (χ1) is 14.1. The molecule has 0 radical (unpaired) electrons. The number of nitrogens with one attached hydrogen (secondary N) is 1. The van der Waals surface area contributed by atoms with Crippen LogP contribution in [0, 0.1) is 0 Å². The maximum Gasteiger partial charge on any atom is 0.279 e. The first kappa shape index (κ1) is 21.2. The van der Waals surface area contributed by atoms with E-state index in [0.717, 1.165) is 16.8 Å². The molecule has 3 rings (SSSR count). The molecular weight excluding hydrogens is 408 g/mol. The maximum absolute atomic E-state index is 13.1. The number of Topliss-reactive ketones (excluding diaryl/α,β-unsaturated/α-hetero) is 2. The Morgan fingerprint density at radius 3 is 2.03 bits per heavy atom. The summed E-state index contributed by atoms with van der Waals surface area (Å²) >= 11 is 0. The van der Waals surface area contributed by atoms with Gasteiger partial charge >= 0.3 is 0 Å². The summed E-state index contributed by atoms with van der Waals surface area (Å²) in [6.07, 6.45) is 1.25. The molecule has 0 saturated heterocycles. The van der Waals surface area contributed by atoms with Crippen LogP contribution in [-0.4, -0.2) is 34.3 Å². The molecule has 9 heteroatoms. The van der Waals surface area contributed by atoms with E-state index in [1.807, 2.05) is 0 Å². The molecule has 30 heavy (non-hydrogen) atoms. The van der Waals surface area contributed by atoms with E-state index in [0.29, 0.717) is 11.3 Å². The Morgan fingerprint density at radius 2 is 1.53 bits per heavy atom. The van der Waals surface area contributed by atoms with E-state index in [1.54, 1.807) is 30.3 Å². The SMILES string of the molecule is CC(=O)C(=Cc1c(-c2ccccc2)[nH]n(-c2ccc(S(=O)(=O)[O-])cc2)c1=O)C(C)=O. The molecule has 0 spiro atoms. The number of allylic oxidation sites excluding steroid dienone is 1. The molecule has 0 bridgehead atoms. The van der Waals surface area contributed by atoms with Gasteiger partial charge in [0.05, 0.1) is 27.4 Å². The molecule has 8 nitrogen and oxygen atoms in total. The van der Waals surface area contributed by atoms with Gasteiger partial charge in [-0.25, -0.2) is 13.1 Å². The molecule has 1 N–H and O–H groups in total. The average molecular weight is 425 g/mol. The Kier molecular flexibility index (Phi) is 5.68. The van der Waals surface area contributed by atoms with Gasteiger partial charge in [0, 0.05) is 5.56 Å². The standard InChI is InChI=1S/C21H18N2O6S/c1-13(24)18(14(2)25)12-19-20(15-6-4-3-5-7-15)22-23(21(19)26)16-8-10-17(11-9-16)30(27,28)29/h3-12,22H,1-2H3,(H,27,28,29)/p-1. The molecule has 0 aliphatic carbocycles. The molecule has 0 aliphatic rings.